The van der Waals surface area contributed by atoms with Crippen molar-refractivity contribution < 1.29 is 39.6 Å². The number of nitrogens with zero attached hydrogens (tertiary/aromatic N) is 10. The molecule has 10 aromatic rings. The van der Waals surface area contributed by atoms with Gasteiger partial charge in [0.05, 0.1) is 34.8 Å². The molecule has 0 spiro atoms. The third-order valence-electron chi connectivity index (χ3n) is 16.1. The summed E-state index contributed by atoms with van der Waals surface area (Å²) in [6.45, 7) is 8.77. The van der Waals surface area contributed by atoms with Crippen LogP contribution in [0, 0.1) is 25.7 Å². The van der Waals surface area contributed by atoms with Gasteiger partial charge in [0.1, 0.15) is 45.3 Å². The Morgan fingerprint density at radius 2 is 0.889 bits per heavy atom. The van der Waals surface area contributed by atoms with Crippen LogP contribution in [0.25, 0.3) is 33.2 Å². The zero-order chi connectivity index (χ0) is 63.3. The number of nitrogen functional groups attached to an aromatic ring is 2. The van der Waals surface area contributed by atoms with Gasteiger partial charge < -0.3 is 50.8 Å². The van der Waals surface area contributed by atoms with Crippen LogP contribution in [0.1, 0.15) is 80.3 Å². The molecule has 4 aromatic heterocycles. The van der Waals surface area contributed by atoms with Crippen molar-refractivity contribution in [2.24, 2.45) is 22.1 Å². The first-order chi connectivity index (χ1) is 43.5. The number of carbonyl (C=O) groups excluding carboxylic acids is 2. The van der Waals surface area contributed by atoms with Gasteiger partial charge in [-0.1, -0.05) is 84.9 Å². The summed E-state index contributed by atoms with van der Waals surface area (Å²) in [4.78, 5) is 70.0. The molecule has 0 saturated carbocycles. The fraction of sp³-hybridized carbons (Fsp3) is 0.200. The summed E-state index contributed by atoms with van der Waals surface area (Å²) in [6.07, 6.45) is 14.5. The number of azo groups is 1. The number of imidazole rings is 2. The summed E-state index contributed by atoms with van der Waals surface area (Å²) in [5.74, 6) is -0.0325. The Labute approximate surface area is 519 Å². The second-order valence-corrected chi connectivity index (χ2v) is 22.1. The van der Waals surface area contributed by atoms with E-state index in [1.165, 1.54) is 36.4 Å². The van der Waals surface area contributed by atoms with Crippen LogP contribution < -0.4 is 11.5 Å². The lowest BCUT2D eigenvalue weighted by Gasteiger charge is -2.32. The zero-order valence-corrected chi connectivity index (χ0v) is 49.7. The molecule has 0 bridgehead atoms. The van der Waals surface area contributed by atoms with Crippen molar-refractivity contribution in [3.8, 4) is 11.5 Å². The van der Waals surface area contributed by atoms with Gasteiger partial charge in [-0.05, 0) is 158 Å². The van der Waals surface area contributed by atoms with E-state index in [4.69, 9.17) is 21.7 Å². The van der Waals surface area contributed by atoms with E-state index in [1.807, 2.05) is 145 Å². The highest BCUT2D eigenvalue weighted by Gasteiger charge is 2.26. The van der Waals surface area contributed by atoms with Crippen molar-refractivity contribution in [1.82, 2.24) is 38.9 Å². The smallest absolute Gasteiger partial charge is 0.339 e. The van der Waals surface area contributed by atoms with Gasteiger partial charge in [0.2, 0.25) is 11.8 Å². The van der Waals surface area contributed by atoms with Gasteiger partial charge in [0.25, 0.3) is 0 Å². The molecule has 20 nitrogen and oxygen atoms in total. The lowest BCUT2D eigenvalue weighted by molar-refractivity contribution is -0.128. The van der Waals surface area contributed by atoms with Gasteiger partial charge in [0.15, 0.2) is 0 Å². The molecule has 12 rings (SSSR count). The maximum Gasteiger partial charge on any atom is 0.339 e. The minimum absolute atomic E-state index is 0.0204. The van der Waals surface area contributed by atoms with Crippen LogP contribution in [0.3, 0.4) is 0 Å². The Morgan fingerprint density at radius 1 is 0.500 bits per heavy atom. The van der Waals surface area contributed by atoms with E-state index in [0.717, 1.165) is 119 Å². The number of carboxylic acids is 2. The fourth-order valence-electron chi connectivity index (χ4n) is 11.2. The lowest BCUT2D eigenvalue weighted by atomic mass is 9.95. The Bertz CT molecular complexity index is 4280. The highest BCUT2D eigenvalue weighted by Crippen LogP contribution is 2.32. The molecule has 2 saturated heterocycles. The van der Waals surface area contributed by atoms with E-state index in [2.05, 4.69) is 39.3 Å². The first-order valence-corrected chi connectivity index (χ1v) is 29.5. The molecular weight excluding hydrogens is 1140 g/mol. The molecule has 6 aromatic carbocycles. The Balaban J connectivity index is 0.000000174. The van der Waals surface area contributed by atoms with E-state index in [1.54, 1.807) is 36.7 Å². The quantitative estimate of drug-likeness (QED) is 0.0255. The molecule has 0 atom stereocenters. The molecule has 8 N–H and O–H groups in total. The van der Waals surface area contributed by atoms with Gasteiger partial charge in [-0.3, -0.25) is 19.6 Å². The average Bonchev–Trinajstić information content (AvgIpc) is 2.47. The number of aromatic nitrogens is 6. The SMILES string of the molecule is Cc1nc2cnccc2n1CC1CCN(C(=O)/C=C(/c2ccccc2)c2ccc(N)cc2)CC1.Cc1nc2cnccc2n1CC1CCN(C(=O)/C=C(/c2ccccc2)c2ccc(N=Nc3ccc(O)c(C(=O)O)c3)cc2)CC1.Nc1ccc(O)c(C(=O)O)c1. The molecule has 456 valence electrons. The normalized spacial score (nSPS) is 14.0. The molecular formula is C70H68N12O8. The molecule has 6 heterocycles. The maximum atomic E-state index is 13.6. The number of phenols is 2. The molecule has 90 heavy (non-hydrogen) atoms. The number of aryl methyl sites for hydroxylation is 2. The number of rotatable bonds is 14. The van der Waals surface area contributed by atoms with E-state index in [9.17, 15) is 29.4 Å². The summed E-state index contributed by atoms with van der Waals surface area (Å²) in [7, 11) is 0. The van der Waals surface area contributed by atoms with Crippen molar-refractivity contribution in [1.29, 1.82) is 0 Å². The zero-order valence-electron chi connectivity index (χ0n) is 49.7. The highest BCUT2D eigenvalue weighted by molar-refractivity contribution is 6.00. The number of piperidine rings is 2. The molecule has 2 aliphatic heterocycles. The minimum Gasteiger partial charge on any atom is -0.507 e. The number of pyridine rings is 2. The minimum atomic E-state index is -1.25. The second kappa shape index (κ2) is 28.5. The Kier molecular flexibility index (Phi) is 19.6. The number of aromatic hydroxyl groups is 2. The van der Waals surface area contributed by atoms with Crippen LogP contribution in [0.4, 0.5) is 22.7 Å². The standard InChI is InChI=1S/C35H32N6O4.C28H29N5O.C7H7NO3/c1-23-37-31-21-36-16-13-32(31)41(23)22-24-14-17-40(18-15-24)34(43)20-29(25-5-3-2-4-6-25)26-7-9-27(10-8-26)38-39-28-11-12-33(42)30(19-28)35(44)45;1-20-31-26-18-30-14-11-27(26)33(20)19-21-12-15-32(16-13-21)28(34)17-25(22-5-3-2-4-6-22)23-7-9-24(29)10-8-23;8-4-1-2-6(9)5(3-4)7(10)11/h2-13,16,19-21,24,42H,14-15,17-18,22H2,1H3,(H,44,45);2-11,14,17-18,21H,12-13,15-16,19,29H2,1H3;1-3,9H,8H2,(H,10,11)/b29-20-,39-38?;25-17-;. The lowest BCUT2D eigenvalue weighted by Crippen LogP contribution is -2.38. The van der Waals surface area contributed by atoms with Gasteiger partial charge in [-0.15, -0.1) is 0 Å². The highest BCUT2D eigenvalue weighted by atomic mass is 16.4. The molecule has 2 aliphatic rings. The van der Waals surface area contributed by atoms with Crippen LogP contribution in [0.2, 0.25) is 0 Å². The van der Waals surface area contributed by atoms with Crippen LogP contribution in [0.5, 0.6) is 11.5 Å². The van der Waals surface area contributed by atoms with Crippen LogP contribution >= 0.6 is 0 Å². The van der Waals surface area contributed by atoms with Gasteiger partial charge in [-0.2, -0.15) is 10.2 Å². The number of benzene rings is 6. The van der Waals surface area contributed by atoms with Crippen molar-refractivity contribution in [2.75, 3.05) is 37.6 Å². The van der Waals surface area contributed by atoms with E-state index >= 15 is 0 Å². The number of carbonyl (C=O) groups is 4. The summed E-state index contributed by atoms with van der Waals surface area (Å²) < 4.78 is 4.54. The summed E-state index contributed by atoms with van der Waals surface area (Å²) in [5, 5.41) is 44.7. The second-order valence-electron chi connectivity index (χ2n) is 22.1. The van der Waals surface area contributed by atoms with Crippen LogP contribution in [-0.4, -0.2) is 109 Å². The topological polar surface area (TPSA) is 294 Å². The fourth-order valence-corrected chi connectivity index (χ4v) is 11.2. The molecule has 2 amide bonds. The number of nitrogens with two attached hydrogens (primary N) is 2. The first kappa shape index (κ1) is 61.8. The third-order valence-corrected chi connectivity index (χ3v) is 16.1. The predicted octanol–water partition coefficient (Wildman–Crippen LogP) is 12.3. The maximum absolute atomic E-state index is 13.6. The third kappa shape index (κ3) is 15.3. The van der Waals surface area contributed by atoms with Crippen molar-refractivity contribution in [3.63, 3.8) is 0 Å². The van der Waals surface area contributed by atoms with Gasteiger partial charge in [-0.25, -0.2) is 19.6 Å². The van der Waals surface area contributed by atoms with Gasteiger partial charge in [0, 0.05) is 75.2 Å². The molecule has 0 aliphatic carbocycles. The van der Waals surface area contributed by atoms with Crippen LogP contribution in [0.15, 0.2) is 205 Å². The molecule has 20 heteroatoms. The number of anilines is 2. The van der Waals surface area contributed by atoms with E-state index in [0.29, 0.717) is 47.7 Å². The average molecular weight is 1210 g/mol. The molecule has 0 unspecified atom stereocenters. The summed E-state index contributed by atoms with van der Waals surface area (Å²) in [5.41, 5.74) is 22.2. The van der Waals surface area contributed by atoms with E-state index in [-0.39, 0.29) is 34.4 Å². The molecule has 2 fully saturated rings. The Morgan fingerprint density at radius 3 is 1.33 bits per heavy atom. The largest absolute Gasteiger partial charge is 0.507 e. The number of aromatic carboxylic acids is 2. The van der Waals surface area contributed by atoms with E-state index < -0.39 is 11.9 Å². The van der Waals surface area contributed by atoms with Crippen molar-refractivity contribution in [3.05, 3.63) is 240 Å². The van der Waals surface area contributed by atoms with Crippen LogP contribution in [-0.2, 0) is 22.7 Å². The summed E-state index contributed by atoms with van der Waals surface area (Å²) in [6, 6.07) is 46.9. The number of amides is 2. The number of hydrogen-bond donors (Lipinski definition) is 6. The first-order valence-electron chi connectivity index (χ1n) is 29.5. The number of hydrogen-bond acceptors (Lipinski definition) is 14. The Hall–Kier alpha value is -11.3. The van der Waals surface area contributed by atoms with Crippen molar-refractivity contribution in [2.45, 2.75) is 52.6 Å². The molecule has 0 radical (unpaired) electrons. The van der Waals surface area contributed by atoms with Gasteiger partial charge >= 0.3 is 11.9 Å². The number of carboxylic acid groups (broad SMARTS) is 2. The number of fused-ring (bicyclic) bond motifs is 2. The van der Waals surface area contributed by atoms with Crippen molar-refractivity contribution >= 4 is 79.7 Å². The monoisotopic (exact) mass is 1200 g/mol. The predicted molar refractivity (Wildman–Crippen MR) is 346 cm³/mol. The summed E-state index contributed by atoms with van der Waals surface area (Å²) >= 11 is 0. The number of likely N-dealkylation sites (tertiary alicyclic amines) is 2.